The first-order valence-corrected chi connectivity index (χ1v) is 12.1. The second kappa shape index (κ2) is 8.61. The normalized spacial score (nSPS) is 28.5. The van der Waals surface area contributed by atoms with Crippen molar-refractivity contribution < 1.29 is 4.79 Å². The molecule has 7 nitrogen and oxygen atoms in total. The van der Waals surface area contributed by atoms with Gasteiger partial charge in [-0.25, -0.2) is 9.78 Å². The Kier molecular flexibility index (Phi) is 5.79. The van der Waals surface area contributed by atoms with E-state index in [9.17, 15) is 4.79 Å². The third-order valence-electron chi connectivity index (χ3n) is 8.15. The standard InChI is InChI=1S/C26H36N6O/c1-29(2)26(21-7-5-4-6-8-21)13-11-25(12-14-26)20-32(24(33)28-25)22-9-10-23(27-19-22)31-17-15-30(3)16-18-31/h4-10,19H,11-18,20H2,1-3H3,(H,28,33)/t25-,26-. The van der Waals surface area contributed by atoms with E-state index in [1.54, 1.807) is 0 Å². The number of benzene rings is 1. The van der Waals surface area contributed by atoms with Gasteiger partial charge in [0.1, 0.15) is 5.82 Å². The second-order valence-electron chi connectivity index (χ2n) is 10.3. The second-order valence-corrected chi connectivity index (χ2v) is 10.3. The van der Waals surface area contributed by atoms with Crippen molar-refractivity contribution in [1.82, 2.24) is 20.1 Å². The summed E-state index contributed by atoms with van der Waals surface area (Å²) >= 11 is 0. The molecule has 2 amide bonds. The van der Waals surface area contributed by atoms with Gasteiger partial charge in [0.2, 0.25) is 0 Å². The summed E-state index contributed by atoms with van der Waals surface area (Å²) in [5.74, 6) is 0.998. The summed E-state index contributed by atoms with van der Waals surface area (Å²) in [5.41, 5.74) is 2.11. The zero-order valence-electron chi connectivity index (χ0n) is 20.1. The molecule has 0 bridgehead atoms. The number of aromatic nitrogens is 1. The van der Waals surface area contributed by atoms with Gasteiger partial charge in [0.15, 0.2) is 0 Å². The monoisotopic (exact) mass is 448 g/mol. The van der Waals surface area contributed by atoms with E-state index in [2.05, 4.69) is 83.6 Å². The minimum atomic E-state index is -0.165. The topological polar surface area (TPSA) is 55.0 Å². The van der Waals surface area contributed by atoms with E-state index in [0.717, 1.165) is 63.4 Å². The molecule has 2 aromatic rings. The molecule has 2 aliphatic heterocycles. The van der Waals surface area contributed by atoms with Crippen molar-refractivity contribution in [1.29, 1.82) is 0 Å². The van der Waals surface area contributed by atoms with Gasteiger partial charge in [0.25, 0.3) is 0 Å². The number of urea groups is 1. The molecule has 176 valence electrons. The van der Waals surface area contributed by atoms with Crippen LogP contribution in [0.3, 0.4) is 0 Å². The van der Waals surface area contributed by atoms with Crippen molar-refractivity contribution in [3.63, 3.8) is 0 Å². The number of carbonyl (C=O) groups is 1. The number of hydrogen-bond acceptors (Lipinski definition) is 5. The molecular weight excluding hydrogens is 412 g/mol. The summed E-state index contributed by atoms with van der Waals surface area (Å²) in [7, 11) is 6.51. The zero-order chi connectivity index (χ0) is 23.1. The highest BCUT2D eigenvalue weighted by molar-refractivity contribution is 5.95. The summed E-state index contributed by atoms with van der Waals surface area (Å²) in [4.78, 5) is 26.6. The average Bonchev–Trinajstić information content (AvgIpc) is 3.16. The Morgan fingerprint density at radius 3 is 2.24 bits per heavy atom. The van der Waals surface area contributed by atoms with Crippen molar-refractivity contribution in [3.8, 4) is 0 Å². The Hall–Kier alpha value is -2.64. The van der Waals surface area contributed by atoms with Crippen LogP contribution >= 0.6 is 0 Å². The van der Waals surface area contributed by atoms with E-state index in [-0.39, 0.29) is 17.1 Å². The molecule has 1 N–H and O–H groups in total. The molecule has 0 atom stereocenters. The molecule has 0 radical (unpaired) electrons. The number of amides is 2. The first-order valence-electron chi connectivity index (χ1n) is 12.1. The van der Waals surface area contributed by atoms with E-state index in [1.165, 1.54) is 5.56 Å². The van der Waals surface area contributed by atoms with Crippen LogP contribution in [0.15, 0.2) is 48.7 Å². The predicted octanol–water partition coefficient (Wildman–Crippen LogP) is 3.13. The van der Waals surface area contributed by atoms with Crippen LogP contribution in [0.1, 0.15) is 31.2 Å². The fraction of sp³-hybridized carbons (Fsp3) is 0.538. The van der Waals surface area contributed by atoms with E-state index in [1.807, 2.05) is 11.1 Å². The third-order valence-corrected chi connectivity index (χ3v) is 8.15. The van der Waals surface area contributed by atoms with Gasteiger partial charge in [0.05, 0.1) is 24.0 Å². The van der Waals surface area contributed by atoms with Gasteiger partial charge < -0.3 is 15.1 Å². The lowest BCUT2D eigenvalue weighted by Gasteiger charge is -2.48. The van der Waals surface area contributed by atoms with E-state index in [4.69, 9.17) is 4.98 Å². The van der Waals surface area contributed by atoms with E-state index in [0.29, 0.717) is 6.54 Å². The van der Waals surface area contributed by atoms with Crippen LogP contribution in [0.4, 0.5) is 16.3 Å². The zero-order valence-corrected chi connectivity index (χ0v) is 20.1. The smallest absolute Gasteiger partial charge is 0.322 e. The molecule has 33 heavy (non-hydrogen) atoms. The third kappa shape index (κ3) is 4.08. The minimum absolute atomic E-state index is 0.00112. The van der Waals surface area contributed by atoms with Crippen LogP contribution in [0, 0.1) is 0 Å². The summed E-state index contributed by atoms with van der Waals surface area (Å²) < 4.78 is 0. The Bertz CT molecular complexity index is 960. The molecule has 0 unspecified atom stereocenters. The van der Waals surface area contributed by atoms with Gasteiger partial charge >= 0.3 is 6.03 Å². The molecule has 3 heterocycles. The average molecular weight is 449 g/mol. The van der Waals surface area contributed by atoms with Gasteiger partial charge in [-0.05, 0) is 64.5 Å². The highest BCUT2D eigenvalue weighted by atomic mass is 16.2. The van der Waals surface area contributed by atoms with E-state index < -0.39 is 0 Å². The largest absolute Gasteiger partial charge is 0.354 e. The minimum Gasteiger partial charge on any atom is -0.354 e. The summed E-state index contributed by atoms with van der Waals surface area (Å²) in [6.45, 7) is 4.80. The van der Waals surface area contributed by atoms with Crippen molar-refractivity contribution in [2.75, 3.05) is 63.7 Å². The fourth-order valence-corrected chi connectivity index (χ4v) is 5.85. The van der Waals surface area contributed by atoms with Crippen molar-refractivity contribution in [2.45, 2.75) is 36.8 Å². The molecular formula is C26H36N6O. The summed E-state index contributed by atoms with van der Waals surface area (Å²) in [6, 6.07) is 14.9. The summed E-state index contributed by atoms with van der Waals surface area (Å²) in [6.07, 6.45) is 5.85. The van der Waals surface area contributed by atoms with Gasteiger partial charge in [-0.1, -0.05) is 30.3 Å². The lowest BCUT2D eigenvalue weighted by atomic mass is 9.69. The first kappa shape index (κ1) is 22.2. The quantitative estimate of drug-likeness (QED) is 0.779. The molecule has 7 heteroatoms. The van der Waals surface area contributed by atoms with Gasteiger partial charge in [-0.15, -0.1) is 0 Å². The predicted molar refractivity (Wildman–Crippen MR) is 133 cm³/mol. The number of anilines is 2. The van der Waals surface area contributed by atoms with E-state index >= 15 is 0 Å². The van der Waals surface area contributed by atoms with Crippen molar-refractivity contribution in [2.24, 2.45) is 0 Å². The molecule has 3 aliphatic rings. The Morgan fingerprint density at radius 2 is 1.64 bits per heavy atom. The highest BCUT2D eigenvalue weighted by Crippen LogP contribution is 2.46. The first-order chi connectivity index (χ1) is 15.9. The lowest BCUT2D eigenvalue weighted by Crippen LogP contribution is -2.54. The number of nitrogens with zero attached hydrogens (tertiary/aromatic N) is 5. The highest BCUT2D eigenvalue weighted by Gasteiger charge is 2.50. The Balaban J connectivity index is 1.28. The number of piperazine rings is 1. The molecule has 1 aromatic heterocycles. The van der Waals surface area contributed by atoms with Crippen LogP contribution in [0.5, 0.6) is 0 Å². The van der Waals surface area contributed by atoms with Gasteiger partial charge in [-0.2, -0.15) is 0 Å². The fourth-order valence-electron chi connectivity index (χ4n) is 5.85. The van der Waals surface area contributed by atoms with Crippen LogP contribution in [-0.4, -0.2) is 80.2 Å². The van der Waals surface area contributed by atoms with Crippen LogP contribution in [0.25, 0.3) is 0 Å². The van der Waals surface area contributed by atoms with Crippen LogP contribution in [-0.2, 0) is 5.54 Å². The summed E-state index contributed by atoms with van der Waals surface area (Å²) in [5, 5.41) is 3.35. The number of likely N-dealkylation sites (N-methyl/N-ethyl adjacent to an activating group) is 1. The molecule has 5 rings (SSSR count). The van der Waals surface area contributed by atoms with Crippen molar-refractivity contribution >= 4 is 17.5 Å². The maximum absolute atomic E-state index is 13.0. The number of rotatable bonds is 4. The van der Waals surface area contributed by atoms with Crippen LogP contribution < -0.4 is 15.1 Å². The van der Waals surface area contributed by atoms with Gasteiger partial charge in [0, 0.05) is 31.7 Å². The Morgan fingerprint density at radius 1 is 0.939 bits per heavy atom. The number of carbonyl (C=O) groups excluding carboxylic acids is 1. The molecule has 2 saturated heterocycles. The molecule has 3 fully saturated rings. The maximum atomic E-state index is 13.0. The Labute approximate surface area is 197 Å². The van der Waals surface area contributed by atoms with Crippen molar-refractivity contribution in [3.05, 3.63) is 54.2 Å². The van der Waals surface area contributed by atoms with Gasteiger partial charge in [-0.3, -0.25) is 9.80 Å². The number of nitrogens with one attached hydrogen (secondary N) is 1. The number of hydrogen-bond donors (Lipinski definition) is 1. The lowest BCUT2D eigenvalue weighted by molar-refractivity contribution is 0.0658. The molecule has 1 aromatic carbocycles. The molecule has 1 saturated carbocycles. The number of pyridine rings is 1. The molecule has 1 aliphatic carbocycles. The molecule has 1 spiro atoms. The maximum Gasteiger partial charge on any atom is 0.322 e. The SMILES string of the molecule is CN1CCN(c2ccc(N3C[C@]4(CC[C@@](c5ccccc5)(N(C)C)CC4)NC3=O)cn2)CC1. The van der Waals surface area contributed by atoms with Crippen LogP contribution in [0.2, 0.25) is 0 Å².